The highest BCUT2D eigenvalue weighted by atomic mass is 19.4. The molecule has 10 rings (SSSR count). The molecule has 17 heteroatoms. The van der Waals surface area contributed by atoms with E-state index in [-0.39, 0.29) is 41.0 Å². The van der Waals surface area contributed by atoms with Crippen LogP contribution >= 0.6 is 0 Å². The third-order valence-electron chi connectivity index (χ3n) is 14.8. The van der Waals surface area contributed by atoms with Gasteiger partial charge in [-0.15, -0.1) is 0 Å². The minimum atomic E-state index is -4.38. The number of amides is 4. The second-order valence-electron chi connectivity index (χ2n) is 18.8. The molecule has 2 N–H and O–H groups in total. The fraction of sp³-hybridized carbons (Fsp3) is 0.500. The molecule has 6 aliphatic rings. The maximum atomic E-state index is 15.0. The van der Waals surface area contributed by atoms with Crippen LogP contribution in [0.1, 0.15) is 102 Å². The molecular weight excluding hydrogens is 846 g/mol. The van der Waals surface area contributed by atoms with E-state index in [4.69, 9.17) is 14.2 Å². The van der Waals surface area contributed by atoms with Crippen molar-refractivity contribution in [1.82, 2.24) is 30.0 Å². The van der Waals surface area contributed by atoms with E-state index in [9.17, 15) is 37.1 Å². The first kappa shape index (κ1) is 43.1. The molecule has 0 radical (unpaired) electrons. The Morgan fingerprint density at radius 1 is 0.831 bits per heavy atom. The zero-order chi connectivity index (χ0) is 45.4. The minimum absolute atomic E-state index is 0.0277. The Bertz CT molecular complexity index is 2620. The van der Waals surface area contributed by atoms with Crippen molar-refractivity contribution in [2.75, 3.05) is 40.4 Å². The van der Waals surface area contributed by atoms with Crippen LogP contribution in [-0.2, 0) is 16.1 Å². The second kappa shape index (κ2) is 16.6. The van der Waals surface area contributed by atoms with Gasteiger partial charge in [0.1, 0.15) is 29.3 Å². The maximum absolute atomic E-state index is 15.0. The predicted octanol–water partition coefficient (Wildman–Crippen LogP) is 6.35. The molecular formula is C48H51F3N6O8. The number of likely N-dealkylation sites (tertiary alicyclic amines) is 2. The summed E-state index contributed by atoms with van der Waals surface area (Å²) in [6.07, 6.45) is 4.41. The maximum Gasteiger partial charge on any atom is 0.404 e. The minimum Gasteiger partial charge on any atom is -0.496 e. The topological polar surface area (TPSA) is 163 Å². The van der Waals surface area contributed by atoms with E-state index in [1.807, 2.05) is 18.2 Å². The van der Waals surface area contributed by atoms with Crippen LogP contribution in [0, 0.1) is 11.3 Å². The van der Waals surface area contributed by atoms with E-state index in [1.54, 1.807) is 37.6 Å². The van der Waals surface area contributed by atoms with Crippen molar-refractivity contribution >= 4 is 34.4 Å². The molecule has 3 saturated heterocycles. The summed E-state index contributed by atoms with van der Waals surface area (Å²) < 4.78 is 63.0. The van der Waals surface area contributed by atoms with Gasteiger partial charge >= 0.3 is 6.18 Å². The first-order valence-electron chi connectivity index (χ1n) is 22.5. The van der Waals surface area contributed by atoms with Gasteiger partial charge in [-0.2, -0.15) is 13.2 Å². The zero-order valence-electron chi connectivity index (χ0n) is 36.3. The van der Waals surface area contributed by atoms with Gasteiger partial charge in [0.05, 0.1) is 42.4 Å². The van der Waals surface area contributed by atoms with Crippen LogP contribution < -0.4 is 25.1 Å². The summed E-state index contributed by atoms with van der Waals surface area (Å²) in [6.45, 7) is 2.09. The SMILES string of the molecule is COc1cc(-c2c[nH]c(=O)c3cnc(C4CC4)cc23)cc(OC)c1CN1CCC(C(N2CCC3(CC2)CC(Oc2ccc4c(c2)C(=O)N(C2CCC(=O)NC2=O)C4=O)C3)C(F)(F)F)CC1. The van der Waals surface area contributed by atoms with Crippen molar-refractivity contribution in [3.05, 3.63) is 81.5 Å². The van der Waals surface area contributed by atoms with Gasteiger partial charge in [-0.05, 0) is 143 Å². The Balaban J connectivity index is 0.751. The average Bonchev–Trinajstić information content (AvgIpc) is 4.10. The number of aromatic amines is 1. The molecule has 2 saturated carbocycles. The molecule has 5 fully saturated rings. The molecule has 2 unspecified atom stereocenters. The van der Waals surface area contributed by atoms with E-state index < -0.39 is 47.8 Å². The van der Waals surface area contributed by atoms with Crippen molar-refractivity contribution in [1.29, 1.82) is 0 Å². The van der Waals surface area contributed by atoms with Gasteiger partial charge in [-0.25, -0.2) is 0 Å². The third kappa shape index (κ3) is 8.04. The molecule has 0 bridgehead atoms. The number of carbonyl (C=O) groups excluding carboxylic acids is 4. The summed E-state index contributed by atoms with van der Waals surface area (Å²) in [5, 5.41) is 3.49. The first-order chi connectivity index (χ1) is 31.2. The lowest BCUT2D eigenvalue weighted by atomic mass is 9.61. The molecule has 14 nitrogen and oxygen atoms in total. The number of nitrogens with one attached hydrogen (secondary N) is 2. The van der Waals surface area contributed by atoms with E-state index in [0.29, 0.717) is 99.8 Å². The van der Waals surface area contributed by atoms with Gasteiger partial charge in [0, 0.05) is 42.5 Å². The van der Waals surface area contributed by atoms with Crippen molar-refractivity contribution in [2.24, 2.45) is 11.3 Å². The molecule has 1 spiro atoms. The fourth-order valence-electron chi connectivity index (χ4n) is 11.1. The molecule has 4 aliphatic heterocycles. The Morgan fingerprint density at radius 3 is 2.17 bits per heavy atom. The number of benzene rings is 2. The van der Waals surface area contributed by atoms with E-state index >= 15 is 0 Å². The van der Waals surface area contributed by atoms with E-state index in [1.165, 1.54) is 12.1 Å². The number of hydrogen-bond acceptors (Lipinski definition) is 11. The van der Waals surface area contributed by atoms with Gasteiger partial charge in [-0.1, -0.05) is 0 Å². The summed E-state index contributed by atoms with van der Waals surface area (Å²) >= 11 is 0. The quantitative estimate of drug-likeness (QED) is 0.161. The van der Waals surface area contributed by atoms with Crippen molar-refractivity contribution < 1.29 is 46.6 Å². The van der Waals surface area contributed by atoms with Gasteiger partial charge in [0.2, 0.25) is 11.8 Å². The van der Waals surface area contributed by atoms with E-state index in [2.05, 4.69) is 20.2 Å². The summed E-state index contributed by atoms with van der Waals surface area (Å²) in [7, 11) is 3.18. The van der Waals surface area contributed by atoms with Crippen LogP contribution in [0.4, 0.5) is 13.2 Å². The Morgan fingerprint density at radius 2 is 1.52 bits per heavy atom. The molecule has 342 valence electrons. The Kier molecular flexibility index (Phi) is 11.0. The lowest BCUT2D eigenvalue weighted by Gasteiger charge is -2.53. The van der Waals surface area contributed by atoms with Crippen molar-refractivity contribution in [3.63, 3.8) is 0 Å². The summed E-state index contributed by atoms with van der Waals surface area (Å²) in [6, 6.07) is 7.89. The van der Waals surface area contributed by atoms with Crippen LogP contribution in [0.2, 0.25) is 0 Å². The lowest BCUT2D eigenvalue weighted by molar-refractivity contribution is -0.210. The Labute approximate surface area is 372 Å². The third-order valence-corrected chi connectivity index (χ3v) is 14.8. The summed E-state index contributed by atoms with van der Waals surface area (Å²) in [5.74, 6) is -0.884. The number of hydrogen-bond donors (Lipinski definition) is 2. The highest BCUT2D eigenvalue weighted by molar-refractivity contribution is 6.23. The fourth-order valence-corrected chi connectivity index (χ4v) is 11.1. The summed E-state index contributed by atoms with van der Waals surface area (Å²) in [5.41, 5.74) is 3.35. The number of carbonyl (C=O) groups is 4. The standard InChI is InChI=1S/C48H51F3N6O8/c1-63-39-17-28(34-23-53-43(59)35-24-52-37(20-32(34)35)26-3-4-26)18-40(64-2)36(39)25-55-13-9-27(10-14-55)42(48(49,50)51)56-15-11-47(12-16-56)21-30(22-47)65-29-5-6-31-33(19-29)46(62)57(45(31)61)38-7-8-41(58)54-44(38)60/h5-6,17-20,23-24,26-27,30,38,42H,3-4,7-16,21-22,25H2,1-2H3,(H,53,59)(H,54,58,60). The molecule has 4 aromatic rings. The largest absolute Gasteiger partial charge is 0.496 e. The van der Waals surface area contributed by atoms with Crippen molar-refractivity contribution in [2.45, 2.75) is 101 Å². The zero-order valence-corrected chi connectivity index (χ0v) is 36.3. The Hall–Kier alpha value is -5.81. The monoisotopic (exact) mass is 896 g/mol. The highest BCUT2D eigenvalue weighted by Crippen LogP contribution is 2.52. The number of piperidine rings is 3. The molecule has 4 amide bonds. The normalized spacial score (nSPS) is 22.5. The number of aromatic nitrogens is 2. The number of H-pyrrole nitrogens is 1. The van der Waals surface area contributed by atoms with Crippen LogP contribution in [0.5, 0.6) is 17.2 Å². The van der Waals surface area contributed by atoms with Crippen LogP contribution in [0.15, 0.2) is 53.6 Å². The highest BCUT2D eigenvalue weighted by Gasteiger charge is 2.53. The number of nitrogens with zero attached hydrogens (tertiary/aromatic N) is 4. The first-order valence-corrected chi connectivity index (χ1v) is 22.5. The van der Waals surface area contributed by atoms with Crippen LogP contribution in [-0.4, -0.2) is 113 Å². The molecule has 2 aliphatic carbocycles. The molecule has 6 heterocycles. The molecule has 2 atom stereocenters. The van der Waals surface area contributed by atoms with Crippen LogP contribution in [0.25, 0.3) is 21.9 Å². The molecule has 2 aromatic heterocycles. The van der Waals surface area contributed by atoms with Gasteiger partial charge in [0.15, 0.2) is 0 Å². The molecule has 65 heavy (non-hydrogen) atoms. The van der Waals surface area contributed by atoms with Crippen LogP contribution in [0.3, 0.4) is 0 Å². The lowest BCUT2D eigenvalue weighted by Crippen LogP contribution is -2.58. The number of pyridine rings is 2. The van der Waals surface area contributed by atoms with E-state index in [0.717, 1.165) is 45.5 Å². The molecule has 2 aromatic carbocycles. The number of imide groups is 2. The predicted molar refractivity (Wildman–Crippen MR) is 231 cm³/mol. The number of rotatable bonds is 11. The number of methoxy groups -OCH3 is 2. The van der Waals surface area contributed by atoms with Gasteiger partial charge < -0.3 is 19.2 Å². The van der Waals surface area contributed by atoms with Gasteiger partial charge in [-0.3, -0.25) is 49.0 Å². The smallest absolute Gasteiger partial charge is 0.404 e. The number of ether oxygens (including phenoxy) is 3. The van der Waals surface area contributed by atoms with Gasteiger partial charge in [0.25, 0.3) is 17.4 Å². The van der Waals surface area contributed by atoms with Crippen molar-refractivity contribution in [3.8, 4) is 28.4 Å². The average molecular weight is 897 g/mol. The summed E-state index contributed by atoms with van der Waals surface area (Å²) in [4.78, 5) is 75.3. The number of fused-ring (bicyclic) bond motifs is 2. The number of alkyl halides is 3. The number of halogens is 3. The second-order valence-corrected chi connectivity index (χ2v) is 18.8.